The van der Waals surface area contributed by atoms with Crippen molar-refractivity contribution in [1.82, 2.24) is 19.7 Å². The van der Waals surface area contributed by atoms with Gasteiger partial charge in [0.2, 0.25) is 5.91 Å². The number of nitrogens with one attached hydrogen (secondary N) is 1. The van der Waals surface area contributed by atoms with E-state index < -0.39 is 0 Å². The third-order valence-electron chi connectivity index (χ3n) is 5.75. The lowest BCUT2D eigenvalue weighted by atomic mass is 10.1. The summed E-state index contributed by atoms with van der Waals surface area (Å²) in [5.41, 5.74) is 3.22. The average molecular weight is 375 g/mol. The van der Waals surface area contributed by atoms with Gasteiger partial charge < -0.3 is 9.88 Å². The zero-order chi connectivity index (χ0) is 19.4. The predicted molar refractivity (Wildman–Crippen MR) is 107 cm³/mol. The Kier molecular flexibility index (Phi) is 6.71. The van der Waals surface area contributed by atoms with Crippen LogP contribution in [0.2, 0.25) is 0 Å². The summed E-state index contributed by atoms with van der Waals surface area (Å²) >= 11 is 0. The predicted octanol–water partition coefficient (Wildman–Crippen LogP) is 2.16. The molecule has 0 atom stereocenters. The number of aromatic nitrogens is 1. The molecule has 150 valence electrons. The minimum absolute atomic E-state index is 0.112. The van der Waals surface area contributed by atoms with Gasteiger partial charge in [0.25, 0.3) is 0 Å². The average Bonchev–Trinajstić information content (AvgIpc) is 3.42. The van der Waals surface area contributed by atoms with Crippen LogP contribution in [0.3, 0.4) is 0 Å². The molecule has 1 aliphatic heterocycles. The van der Waals surface area contributed by atoms with E-state index in [1.165, 1.54) is 18.5 Å². The molecule has 1 aromatic rings. The van der Waals surface area contributed by atoms with Crippen molar-refractivity contribution in [3.63, 3.8) is 0 Å². The number of hydrogen-bond acceptors (Lipinski definition) is 4. The lowest BCUT2D eigenvalue weighted by Crippen LogP contribution is -2.50. The summed E-state index contributed by atoms with van der Waals surface area (Å²) in [5, 5.41) is 2.97. The molecule has 2 aliphatic rings. The van der Waals surface area contributed by atoms with Crippen molar-refractivity contribution in [1.29, 1.82) is 0 Å². The summed E-state index contributed by atoms with van der Waals surface area (Å²) in [6.45, 7) is 11.4. The molecule has 1 amide bonds. The fraction of sp³-hybridized carbons (Fsp3) is 0.714. The first-order valence-electron chi connectivity index (χ1n) is 10.4. The molecule has 0 bridgehead atoms. The van der Waals surface area contributed by atoms with E-state index in [4.69, 9.17) is 0 Å². The minimum Gasteiger partial charge on any atom is -0.355 e. The van der Waals surface area contributed by atoms with Crippen LogP contribution in [0.5, 0.6) is 0 Å². The summed E-state index contributed by atoms with van der Waals surface area (Å²) in [4.78, 5) is 29.2. The van der Waals surface area contributed by atoms with Crippen molar-refractivity contribution in [2.75, 3.05) is 45.8 Å². The SMILES string of the molecule is CCCCNC(=O)CN1CCN(CC(=O)c2cc(C)n(C3CC3)c2C)CC1. The van der Waals surface area contributed by atoms with E-state index in [9.17, 15) is 9.59 Å². The lowest BCUT2D eigenvalue weighted by molar-refractivity contribution is -0.122. The van der Waals surface area contributed by atoms with Gasteiger partial charge in [-0.05, 0) is 39.2 Å². The van der Waals surface area contributed by atoms with Crippen molar-refractivity contribution in [3.05, 3.63) is 23.0 Å². The Morgan fingerprint density at radius 2 is 1.70 bits per heavy atom. The number of nitrogens with zero attached hydrogens (tertiary/aromatic N) is 3. The molecular weight excluding hydrogens is 340 g/mol. The Morgan fingerprint density at radius 1 is 1.07 bits per heavy atom. The summed E-state index contributed by atoms with van der Waals surface area (Å²) < 4.78 is 2.34. The summed E-state index contributed by atoms with van der Waals surface area (Å²) in [5.74, 6) is 0.334. The number of hydrogen-bond donors (Lipinski definition) is 1. The maximum absolute atomic E-state index is 12.8. The molecule has 1 aromatic heterocycles. The van der Waals surface area contributed by atoms with E-state index in [-0.39, 0.29) is 11.7 Å². The second kappa shape index (κ2) is 9.02. The van der Waals surface area contributed by atoms with Crippen LogP contribution >= 0.6 is 0 Å². The standard InChI is InChI=1S/C21H34N4O2/c1-4-5-8-22-21(27)15-24-11-9-23(10-12-24)14-20(26)19-13-16(2)25(17(19)3)18-6-7-18/h13,18H,4-12,14-15H2,1-3H3,(H,22,27). The Balaban J connectivity index is 1.44. The lowest BCUT2D eigenvalue weighted by Gasteiger charge is -2.33. The van der Waals surface area contributed by atoms with Gasteiger partial charge in [0, 0.05) is 55.7 Å². The van der Waals surface area contributed by atoms with Gasteiger partial charge in [0.05, 0.1) is 13.1 Å². The smallest absolute Gasteiger partial charge is 0.234 e. The van der Waals surface area contributed by atoms with Crippen molar-refractivity contribution < 1.29 is 9.59 Å². The molecule has 0 unspecified atom stereocenters. The number of ketones is 1. The fourth-order valence-electron chi connectivity index (χ4n) is 4.01. The van der Waals surface area contributed by atoms with Gasteiger partial charge in [0.15, 0.2) is 5.78 Å². The first-order valence-corrected chi connectivity index (χ1v) is 10.4. The molecule has 1 saturated heterocycles. The molecule has 6 heteroatoms. The summed E-state index contributed by atoms with van der Waals surface area (Å²) in [7, 11) is 0. The van der Waals surface area contributed by atoms with Crippen LogP contribution in [0.25, 0.3) is 0 Å². The van der Waals surface area contributed by atoms with E-state index in [1.54, 1.807) is 0 Å². The largest absolute Gasteiger partial charge is 0.355 e. The van der Waals surface area contributed by atoms with Gasteiger partial charge in [0.1, 0.15) is 0 Å². The van der Waals surface area contributed by atoms with Crippen molar-refractivity contribution in [2.45, 2.75) is 52.5 Å². The van der Waals surface area contributed by atoms with Crippen LogP contribution in [-0.4, -0.2) is 71.9 Å². The third-order valence-corrected chi connectivity index (χ3v) is 5.75. The molecule has 1 N–H and O–H groups in total. The minimum atomic E-state index is 0.112. The van der Waals surface area contributed by atoms with E-state index in [2.05, 4.69) is 46.5 Å². The molecule has 2 heterocycles. The van der Waals surface area contributed by atoms with Gasteiger partial charge in [-0.15, -0.1) is 0 Å². The zero-order valence-electron chi connectivity index (χ0n) is 17.1. The second-order valence-corrected chi connectivity index (χ2v) is 8.06. The number of piperazine rings is 1. The fourth-order valence-corrected chi connectivity index (χ4v) is 4.01. The van der Waals surface area contributed by atoms with Crippen LogP contribution in [0.4, 0.5) is 0 Å². The Bertz CT molecular complexity index is 670. The van der Waals surface area contributed by atoms with Crippen molar-refractivity contribution in [3.8, 4) is 0 Å². The topological polar surface area (TPSA) is 57.6 Å². The highest BCUT2D eigenvalue weighted by Gasteiger charge is 2.29. The zero-order valence-corrected chi connectivity index (χ0v) is 17.1. The molecular formula is C21H34N4O2. The number of unbranched alkanes of at least 4 members (excludes halogenated alkanes) is 1. The Morgan fingerprint density at radius 3 is 2.30 bits per heavy atom. The molecule has 0 spiro atoms. The number of carbonyl (C=O) groups excluding carboxylic acids is 2. The molecule has 0 radical (unpaired) electrons. The molecule has 3 rings (SSSR count). The van der Waals surface area contributed by atoms with Gasteiger partial charge >= 0.3 is 0 Å². The monoisotopic (exact) mass is 374 g/mol. The number of rotatable bonds is 9. The van der Waals surface area contributed by atoms with Crippen molar-refractivity contribution >= 4 is 11.7 Å². The van der Waals surface area contributed by atoms with Gasteiger partial charge in [-0.2, -0.15) is 0 Å². The number of aryl methyl sites for hydroxylation is 1. The third kappa shape index (κ3) is 5.20. The highest BCUT2D eigenvalue weighted by Crippen LogP contribution is 2.38. The first kappa shape index (κ1) is 20.1. The Hall–Kier alpha value is -1.66. The number of amides is 1. The highest BCUT2D eigenvalue weighted by molar-refractivity contribution is 5.99. The number of Topliss-reactive ketones (excluding diaryl/α,β-unsaturated/α-hetero) is 1. The normalized spacial score (nSPS) is 18.6. The van der Waals surface area contributed by atoms with E-state index in [0.717, 1.165) is 56.8 Å². The van der Waals surface area contributed by atoms with Crippen LogP contribution in [0, 0.1) is 13.8 Å². The van der Waals surface area contributed by atoms with Crippen LogP contribution in [0.1, 0.15) is 60.4 Å². The van der Waals surface area contributed by atoms with Crippen molar-refractivity contribution in [2.24, 2.45) is 0 Å². The van der Waals surface area contributed by atoms with E-state index in [0.29, 0.717) is 19.1 Å². The van der Waals surface area contributed by atoms with Gasteiger partial charge in [-0.25, -0.2) is 0 Å². The Labute approximate surface area is 162 Å². The maximum atomic E-state index is 12.8. The second-order valence-electron chi connectivity index (χ2n) is 8.06. The van der Waals surface area contributed by atoms with Gasteiger partial charge in [-0.3, -0.25) is 19.4 Å². The molecule has 1 saturated carbocycles. The van der Waals surface area contributed by atoms with E-state index >= 15 is 0 Å². The maximum Gasteiger partial charge on any atom is 0.234 e. The highest BCUT2D eigenvalue weighted by atomic mass is 16.2. The first-order chi connectivity index (χ1) is 13.0. The van der Waals surface area contributed by atoms with Gasteiger partial charge in [-0.1, -0.05) is 13.3 Å². The van der Waals surface area contributed by atoms with E-state index in [1.807, 2.05) is 0 Å². The van der Waals surface area contributed by atoms with Crippen LogP contribution < -0.4 is 5.32 Å². The molecule has 6 nitrogen and oxygen atoms in total. The summed E-state index contributed by atoms with van der Waals surface area (Å²) in [6, 6.07) is 2.67. The van der Waals surface area contributed by atoms with Crippen LogP contribution in [0.15, 0.2) is 6.07 Å². The molecule has 2 fully saturated rings. The molecule has 27 heavy (non-hydrogen) atoms. The molecule has 0 aromatic carbocycles. The quantitative estimate of drug-likeness (QED) is 0.532. The number of carbonyl (C=O) groups is 2. The summed E-state index contributed by atoms with van der Waals surface area (Å²) in [6.07, 6.45) is 4.59. The molecule has 1 aliphatic carbocycles. The van der Waals surface area contributed by atoms with Crippen LogP contribution in [-0.2, 0) is 4.79 Å².